The van der Waals surface area contributed by atoms with E-state index in [0.717, 1.165) is 0 Å². The quantitative estimate of drug-likeness (QED) is 0.597. The van der Waals surface area contributed by atoms with Gasteiger partial charge in [0.1, 0.15) is 4.90 Å². The molecule has 1 atom stereocenters. The first-order chi connectivity index (χ1) is 6.83. The molecule has 0 fully saturated rings. The van der Waals surface area contributed by atoms with Crippen molar-refractivity contribution < 1.29 is 13.5 Å². The summed E-state index contributed by atoms with van der Waals surface area (Å²) in [5.41, 5.74) is 5.42. The first-order valence-electron chi connectivity index (χ1n) is 4.30. The fourth-order valence-electron chi connectivity index (χ4n) is 0.999. The molecule has 0 aliphatic carbocycles. The van der Waals surface area contributed by atoms with Gasteiger partial charge in [0.15, 0.2) is 5.82 Å². The molecule has 0 aliphatic rings. The van der Waals surface area contributed by atoms with Gasteiger partial charge in [-0.1, -0.05) is 0 Å². The molecule has 0 aromatic carbocycles. The van der Waals surface area contributed by atoms with Crippen molar-refractivity contribution in [3.63, 3.8) is 0 Å². The summed E-state index contributed by atoms with van der Waals surface area (Å²) in [4.78, 5) is -0.0781. The molecule has 7 nitrogen and oxygen atoms in total. The molecule has 15 heavy (non-hydrogen) atoms. The van der Waals surface area contributed by atoms with E-state index in [1.54, 1.807) is 7.05 Å². The highest BCUT2D eigenvalue weighted by atomic mass is 32.2. The minimum Gasteiger partial charge on any atom is -0.392 e. The molecule has 1 aromatic rings. The Bertz CT molecular complexity index is 437. The summed E-state index contributed by atoms with van der Waals surface area (Å²) in [6.45, 7) is 1.42. The van der Waals surface area contributed by atoms with Gasteiger partial charge in [-0.05, 0) is 6.92 Å². The van der Waals surface area contributed by atoms with E-state index in [0.29, 0.717) is 0 Å². The number of aryl methyl sites for hydroxylation is 1. The molecule has 0 saturated carbocycles. The second kappa shape index (κ2) is 4.17. The second-order valence-corrected chi connectivity index (χ2v) is 4.99. The number of nitrogens with zero attached hydrogens (tertiary/aromatic N) is 2. The highest BCUT2D eigenvalue weighted by Gasteiger charge is 2.20. The molecule has 0 unspecified atom stereocenters. The molecule has 4 N–H and O–H groups in total. The molecular weight excluding hydrogens is 220 g/mol. The summed E-state index contributed by atoms with van der Waals surface area (Å²) in [5.74, 6) is -0.0596. The predicted octanol–water partition coefficient (Wildman–Crippen LogP) is -1.34. The monoisotopic (exact) mass is 234 g/mol. The molecule has 1 rings (SSSR count). The van der Waals surface area contributed by atoms with Crippen molar-refractivity contribution in [2.45, 2.75) is 17.9 Å². The molecular formula is C7H14N4O3S. The van der Waals surface area contributed by atoms with Gasteiger partial charge in [0.25, 0.3) is 0 Å². The van der Waals surface area contributed by atoms with Crippen molar-refractivity contribution in [2.75, 3.05) is 12.3 Å². The SMILES string of the molecule is C[C@@H](O)CNS(=O)(=O)c1cn(C)nc1N. The number of sulfonamides is 1. The molecule has 0 spiro atoms. The number of hydrogen-bond acceptors (Lipinski definition) is 5. The van der Waals surface area contributed by atoms with Crippen LogP contribution in [0, 0.1) is 0 Å². The Morgan fingerprint density at radius 3 is 2.73 bits per heavy atom. The maximum absolute atomic E-state index is 11.6. The Morgan fingerprint density at radius 1 is 1.73 bits per heavy atom. The minimum atomic E-state index is -3.68. The fourth-order valence-corrected chi connectivity index (χ4v) is 2.22. The van der Waals surface area contributed by atoms with Gasteiger partial charge in [0.05, 0.1) is 6.10 Å². The number of nitrogen functional groups attached to an aromatic ring is 1. The lowest BCUT2D eigenvalue weighted by Gasteiger charge is -2.06. The number of anilines is 1. The predicted molar refractivity (Wildman–Crippen MR) is 54.5 cm³/mol. The fraction of sp³-hybridized carbons (Fsp3) is 0.571. The Morgan fingerprint density at radius 2 is 2.33 bits per heavy atom. The summed E-state index contributed by atoms with van der Waals surface area (Å²) >= 11 is 0. The van der Waals surface area contributed by atoms with E-state index in [-0.39, 0.29) is 17.3 Å². The highest BCUT2D eigenvalue weighted by molar-refractivity contribution is 7.89. The van der Waals surface area contributed by atoms with Crippen LogP contribution in [0.1, 0.15) is 6.92 Å². The van der Waals surface area contributed by atoms with Gasteiger partial charge in [0.2, 0.25) is 10.0 Å². The molecule has 0 saturated heterocycles. The smallest absolute Gasteiger partial charge is 0.245 e. The number of aromatic nitrogens is 2. The third-order valence-corrected chi connectivity index (χ3v) is 3.12. The van der Waals surface area contributed by atoms with Gasteiger partial charge in [-0.25, -0.2) is 13.1 Å². The molecule has 8 heteroatoms. The molecule has 0 aliphatic heterocycles. The standard InChI is InChI=1S/C7H14N4O3S/c1-5(12)3-9-15(13,14)6-4-11(2)10-7(6)8/h4-5,9,12H,3H2,1-2H3,(H2,8,10)/t5-/m1/s1. The number of aliphatic hydroxyl groups is 1. The van der Waals surface area contributed by atoms with Crippen molar-refractivity contribution in [2.24, 2.45) is 7.05 Å². The van der Waals surface area contributed by atoms with Crippen LogP contribution in [-0.2, 0) is 17.1 Å². The van der Waals surface area contributed by atoms with Crippen LogP contribution in [0.4, 0.5) is 5.82 Å². The Kier molecular flexibility index (Phi) is 3.32. The molecule has 0 radical (unpaired) electrons. The van der Waals surface area contributed by atoms with Crippen molar-refractivity contribution in [3.05, 3.63) is 6.20 Å². The third-order valence-electron chi connectivity index (χ3n) is 1.68. The van der Waals surface area contributed by atoms with Crippen molar-refractivity contribution in [3.8, 4) is 0 Å². The Balaban J connectivity index is 2.91. The maximum atomic E-state index is 11.6. The summed E-state index contributed by atoms with van der Waals surface area (Å²) in [6, 6.07) is 0. The lowest BCUT2D eigenvalue weighted by atomic mass is 10.4. The zero-order valence-electron chi connectivity index (χ0n) is 8.51. The zero-order valence-corrected chi connectivity index (χ0v) is 9.32. The average Bonchev–Trinajstić information content (AvgIpc) is 2.43. The van der Waals surface area contributed by atoms with Crippen LogP contribution >= 0.6 is 0 Å². The Hall–Kier alpha value is -1.12. The van der Waals surface area contributed by atoms with Crippen molar-refractivity contribution in [1.82, 2.24) is 14.5 Å². The maximum Gasteiger partial charge on any atom is 0.245 e. The summed E-state index contributed by atoms with van der Waals surface area (Å²) < 4.78 is 26.8. The minimum absolute atomic E-state index is 0.0589. The summed E-state index contributed by atoms with van der Waals surface area (Å²) in [6.07, 6.45) is 0.553. The zero-order chi connectivity index (χ0) is 11.6. The van der Waals surface area contributed by atoms with E-state index in [1.165, 1.54) is 17.8 Å². The van der Waals surface area contributed by atoms with E-state index in [4.69, 9.17) is 10.8 Å². The first kappa shape index (κ1) is 12.0. The first-order valence-corrected chi connectivity index (χ1v) is 5.78. The van der Waals surface area contributed by atoms with Crippen LogP contribution in [0.25, 0.3) is 0 Å². The van der Waals surface area contributed by atoms with Gasteiger partial charge >= 0.3 is 0 Å². The third kappa shape index (κ3) is 2.91. The second-order valence-electron chi connectivity index (χ2n) is 3.25. The van der Waals surface area contributed by atoms with Crippen LogP contribution in [0.3, 0.4) is 0 Å². The topological polar surface area (TPSA) is 110 Å². The van der Waals surface area contributed by atoms with Crippen LogP contribution < -0.4 is 10.5 Å². The molecule has 1 aromatic heterocycles. The van der Waals surface area contributed by atoms with Gasteiger partial charge in [-0.2, -0.15) is 5.10 Å². The number of rotatable bonds is 4. The largest absolute Gasteiger partial charge is 0.392 e. The number of aliphatic hydroxyl groups excluding tert-OH is 1. The lowest BCUT2D eigenvalue weighted by molar-refractivity contribution is 0.198. The van der Waals surface area contributed by atoms with E-state index in [1.807, 2.05) is 0 Å². The summed E-state index contributed by atoms with van der Waals surface area (Å²) in [7, 11) is -2.11. The molecule has 1 heterocycles. The van der Waals surface area contributed by atoms with Crippen LogP contribution in [-0.4, -0.2) is 36.0 Å². The average molecular weight is 234 g/mol. The Labute approximate surface area is 87.9 Å². The van der Waals surface area contributed by atoms with Gasteiger partial charge < -0.3 is 10.8 Å². The lowest BCUT2D eigenvalue weighted by Crippen LogP contribution is -2.30. The number of hydrogen-bond donors (Lipinski definition) is 3. The van der Waals surface area contributed by atoms with Crippen LogP contribution in [0.15, 0.2) is 11.1 Å². The van der Waals surface area contributed by atoms with Crippen molar-refractivity contribution >= 4 is 15.8 Å². The van der Waals surface area contributed by atoms with Gasteiger partial charge in [0, 0.05) is 19.8 Å². The molecule has 0 bridgehead atoms. The molecule has 0 amide bonds. The van der Waals surface area contributed by atoms with E-state index < -0.39 is 16.1 Å². The highest BCUT2D eigenvalue weighted by Crippen LogP contribution is 2.14. The number of nitrogens with two attached hydrogens (primary N) is 1. The molecule has 86 valence electrons. The van der Waals surface area contributed by atoms with Gasteiger partial charge in [-0.3, -0.25) is 4.68 Å². The van der Waals surface area contributed by atoms with Crippen LogP contribution in [0.2, 0.25) is 0 Å². The summed E-state index contributed by atoms with van der Waals surface area (Å²) in [5, 5.41) is 12.7. The van der Waals surface area contributed by atoms with E-state index in [9.17, 15) is 8.42 Å². The van der Waals surface area contributed by atoms with E-state index in [2.05, 4.69) is 9.82 Å². The van der Waals surface area contributed by atoms with E-state index >= 15 is 0 Å². The normalized spacial score (nSPS) is 14.1. The van der Waals surface area contributed by atoms with Crippen LogP contribution in [0.5, 0.6) is 0 Å². The van der Waals surface area contributed by atoms with Gasteiger partial charge in [-0.15, -0.1) is 0 Å². The van der Waals surface area contributed by atoms with Crippen molar-refractivity contribution in [1.29, 1.82) is 0 Å². The number of nitrogens with one attached hydrogen (secondary N) is 1.